The molecule has 348 valence electrons. The van der Waals surface area contributed by atoms with Gasteiger partial charge in [0, 0.05) is 74.4 Å². The van der Waals surface area contributed by atoms with Crippen LogP contribution < -0.4 is 24.9 Å². The van der Waals surface area contributed by atoms with Crippen molar-refractivity contribution in [3.63, 3.8) is 0 Å². The molecule has 9 heteroatoms. The second kappa shape index (κ2) is 19.7. The van der Waals surface area contributed by atoms with Gasteiger partial charge in [0.1, 0.15) is 5.37 Å². The molecule has 1 N–H and O–H groups in total. The average Bonchev–Trinajstić information content (AvgIpc) is 4.18. The number of fused-ring (bicyclic) bond motifs is 3. The lowest BCUT2D eigenvalue weighted by Gasteiger charge is -2.38. The molecule has 0 spiro atoms. The highest BCUT2D eigenvalue weighted by Gasteiger charge is 2.36. The standard InChI is InChI=1S/C61H57N7S2/c1-44-32-34-51(35-33-44)66(48-26-14-5-15-27-48)60-62-43-59(70-60)65(47-24-12-4-13-25-47)52-36-38-56-54(40-52)55-41-53(37-39-57(55)68(56)50-30-18-7-19-31-50)67(49-28-16-6-17-29-49)61-63-42-58(69-61)64(45-20-8-2-9-21-45)46-22-10-3-11-23-46/h2,4-9,12-21,24-36,38,40-42,46,59,61,63H,3,10-11,22-23,37,39,43H2,1H3. The van der Waals surface area contributed by atoms with Crippen LogP contribution in [0.2, 0.25) is 0 Å². The van der Waals surface area contributed by atoms with Gasteiger partial charge in [-0.1, -0.05) is 151 Å². The number of aryl methyl sites for hydroxylation is 1. The van der Waals surface area contributed by atoms with Crippen LogP contribution in [0.3, 0.4) is 0 Å². The summed E-state index contributed by atoms with van der Waals surface area (Å²) in [5.41, 5.74) is 14.5. The highest BCUT2D eigenvalue weighted by Crippen LogP contribution is 2.46. The summed E-state index contributed by atoms with van der Waals surface area (Å²) >= 11 is 3.77. The first-order valence-corrected chi connectivity index (χ1v) is 26.6. The van der Waals surface area contributed by atoms with Crippen LogP contribution in [0, 0.1) is 6.92 Å². The van der Waals surface area contributed by atoms with E-state index < -0.39 is 0 Å². The van der Waals surface area contributed by atoms with Gasteiger partial charge in [-0.05, 0) is 130 Å². The van der Waals surface area contributed by atoms with Crippen molar-refractivity contribution in [2.45, 2.75) is 68.8 Å². The van der Waals surface area contributed by atoms with Gasteiger partial charge in [0.15, 0.2) is 10.7 Å². The molecule has 0 bridgehead atoms. The molecule has 1 saturated carbocycles. The van der Waals surface area contributed by atoms with E-state index in [1.54, 1.807) is 0 Å². The molecule has 12 rings (SSSR count). The zero-order valence-corrected chi connectivity index (χ0v) is 41.2. The van der Waals surface area contributed by atoms with Crippen molar-refractivity contribution in [1.82, 2.24) is 9.88 Å². The number of thioether (sulfide) groups is 2. The topological polar surface area (TPSA) is 42.3 Å². The van der Waals surface area contributed by atoms with E-state index in [4.69, 9.17) is 4.99 Å². The predicted octanol–water partition coefficient (Wildman–Crippen LogP) is 15.4. The van der Waals surface area contributed by atoms with Crippen LogP contribution in [0.4, 0.5) is 34.1 Å². The highest BCUT2D eigenvalue weighted by atomic mass is 32.2. The van der Waals surface area contributed by atoms with Crippen LogP contribution >= 0.6 is 23.5 Å². The minimum Gasteiger partial charge on any atom is -0.360 e. The van der Waals surface area contributed by atoms with E-state index in [2.05, 4.69) is 243 Å². The van der Waals surface area contributed by atoms with Crippen molar-refractivity contribution < 1.29 is 0 Å². The molecule has 8 aromatic rings. The Labute approximate surface area is 420 Å². The van der Waals surface area contributed by atoms with Crippen molar-refractivity contribution in [2.75, 3.05) is 26.1 Å². The number of benzene rings is 7. The van der Waals surface area contributed by atoms with Crippen LogP contribution in [-0.4, -0.2) is 33.2 Å². The maximum absolute atomic E-state index is 5.33. The summed E-state index contributed by atoms with van der Waals surface area (Å²) in [6, 6.07) is 70.9. The summed E-state index contributed by atoms with van der Waals surface area (Å²) in [6.07, 6.45) is 12.9. The highest BCUT2D eigenvalue weighted by molar-refractivity contribution is 8.15. The third-order valence-corrected chi connectivity index (χ3v) is 16.4. The lowest BCUT2D eigenvalue weighted by molar-refractivity contribution is 0.433. The lowest BCUT2D eigenvalue weighted by atomic mass is 9.94. The fraction of sp³-hybridized carbons (Fsp3) is 0.197. The number of nitrogens with one attached hydrogen (secondary N) is 1. The number of aliphatic imine (C=N–C) groups is 1. The van der Waals surface area contributed by atoms with Crippen molar-refractivity contribution in [1.29, 1.82) is 0 Å². The number of amidine groups is 1. The minimum absolute atomic E-state index is 0.0180. The maximum atomic E-state index is 5.33. The lowest BCUT2D eigenvalue weighted by Crippen LogP contribution is -2.39. The molecule has 1 aromatic heterocycles. The first-order valence-electron chi connectivity index (χ1n) is 24.9. The molecular formula is C61H57N7S2. The first-order chi connectivity index (χ1) is 34.6. The number of aromatic nitrogens is 1. The number of anilines is 6. The minimum atomic E-state index is -0.0180. The fourth-order valence-corrected chi connectivity index (χ4v) is 13.3. The number of hydrogen-bond donors (Lipinski definition) is 1. The molecule has 0 saturated heterocycles. The second-order valence-electron chi connectivity index (χ2n) is 18.6. The van der Waals surface area contributed by atoms with E-state index in [-0.39, 0.29) is 10.9 Å². The predicted molar refractivity (Wildman–Crippen MR) is 299 cm³/mol. The Kier molecular flexibility index (Phi) is 12.5. The monoisotopic (exact) mass is 951 g/mol. The SMILES string of the molecule is Cc1ccc(N(C2=NCC(N(c3ccccc3)c3ccc4c(c3)c3c(n4-c4ccccc4)CCC(N(c4ccccc4)C4NC=C(N(c5ccccc5)C5CCCCC5)S4)=C3)S2)c2ccccc2)cc1. The normalized spacial score (nSPS) is 17.8. The Balaban J connectivity index is 0.937. The van der Waals surface area contributed by atoms with Crippen LogP contribution in [0.15, 0.2) is 216 Å². The Bertz CT molecular complexity index is 3170. The largest absolute Gasteiger partial charge is 0.360 e. The van der Waals surface area contributed by atoms with E-state index in [0.29, 0.717) is 12.6 Å². The summed E-state index contributed by atoms with van der Waals surface area (Å²) in [7, 11) is 0. The maximum Gasteiger partial charge on any atom is 0.170 e. The molecule has 2 aliphatic carbocycles. The summed E-state index contributed by atoms with van der Waals surface area (Å²) < 4.78 is 2.51. The van der Waals surface area contributed by atoms with Crippen LogP contribution in [0.25, 0.3) is 22.7 Å². The molecule has 2 unspecified atom stereocenters. The molecular weight excluding hydrogens is 895 g/mol. The Morgan fingerprint density at radius 2 is 1.13 bits per heavy atom. The molecule has 3 heterocycles. The third-order valence-electron chi connectivity index (χ3n) is 14.1. The van der Waals surface area contributed by atoms with Crippen molar-refractivity contribution in [3.8, 4) is 5.69 Å². The quantitative estimate of drug-likeness (QED) is 0.131. The summed E-state index contributed by atoms with van der Waals surface area (Å²) in [4.78, 5) is 15.3. The molecule has 0 radical (unpaired) electrons. The van der Waals surface area contributed by atoms with E-state index in [9.17, 15) is 0 Å². The average molecular weight is 952 g/mol. The van der Waals surface area contributed by atoms with Gasteiger partial charge >= 0.3 is 0 Å². The van der Waals surface area contributed by atoms with Crippen molar-refractivity contribution >= 4 is 79.8 Å². The van der Waals surface area contributed by atoms with Gasteiger partial charge < -0.3 is 24.6 Å². The van der Waals surface area contributed by atoms with Crippen molar-refractivity contribution in [2.24, 2.45) is 4.99 Å². The number of hydrogen-bond acceptors (Lipinski definition) is 8. The second-order valence-corrected chi connectivity index (χ2v) is 20.8. The molecule has 1 fully saturated rings. The molecule has 70 heavy (non-hydrogen) atoms. The molecule has 0 amide bonds. The molecule has 4 aliphatic rings. The number of allylic oxidation sites excluding steroid dienone is 1. The van der Waals surface area contributed by atoms with Crippen LogP contribution in [0.1, 0.15) is 55.3 Å². The van der Waals surface area contributed by atoms with Crippen LogP contribution in [-0.2, 0) is 6.42 Å². The van der Waals surface area contributed by atoms with Gasteiger partial charge in [-0.2, -0.15) is 0 Å². The van der Waals surface area contributed by atoms with Crippen LogP contribution in [0.5, 0.6) is 0 Å². The molecule has 2 aliphatic heterocycles. The number of rotatable bonds is 12. The van der Waals surface area contributed by atoms with E-state index in [1.807, 2.05) is 23.5 Å². The number of para-hydroxylation sites is 5. The fourth-order valence-electron chi connectivity index (χ4n) is 10.8. The Morgan fingerprint density at radius 1 is 0.557 bits per heavy atom. The Morgan fingerprint density at radius 3 is 1.79 bits per heavy atom. The van der Waals surface area contributed by atoms with E-state index >= 15 is 0 Å². The Hall–Kier alpha value is -7.07. The third kappa shape index (κ3) is 8.66. The van der Waals surface area contributed by atoms with Gasteiger partial charge in [0.25, 0.3) is 0 Å². The molecule has 7 nitrogen and oxygen atoms in total. The zero-order valence-electron chi connectivity index (χ0n) is 39.5. The smallest absolute Gasteiger partial charge is 0.170 e. The van der Waals surface area contributed by atoms with Gasteiger partial charge in [0.2, 0.25) is 0 Å². The van der Waals surface area contributed by atoms with Gasteiger partial charge in [-0.15, -0.1) is 0 Å². The first kappa shape index (κ1) is 44.2. The van der Waals surface area contributed by atoms with E-state index in [0.717, 1.165) is 40.8 Å². The van der Waals surface area contributed by atoms with Gasteiger partial charge in [-0.25, -0.2) is 0 Å². The number of nitrogens with zero attached hydrogens (tertiary/aromatic N) is 6. The zero-order chi connectivity index (χ0) is 46.8. The molecule has 2 atom stereocenters. The van der Waals surface area contributed by atoms with Gasteiger partial charge in [-0.3, -0.25) is 9.89 Å². The van der Waals surface area contributed by atoms with Crippen molar-refractivity contribution in [3.05, 3.63) is 228 Å². The van der Waals surface area contributed by atoms with E-state index in [1.165, 1.54) is 87.6 Å². The summed E-state index contributed by atoms with van der Waals surface area (Å²) in [5, 5.41) is 7.45. The molecule has 7 aromatic carbocycles. The summed E-state index contributed by atoms with van der Waals surface area (Å²) in [5.74, 6) is 0. The van der Waals surface area contributed by atoms with Gasteiger partial charge in [0.05, 0.1) is 17.1 Å². The summed E-state index contributed by atoms with van der Waals surface area (Å²) in [6.45, 7) is 2.78.